The summed E-state index contributed by atoms with van der Waals surface area (Å²) >= 11 is 1.46. The zero-order valence-corrected chi connectivity index (χ0v) is 21.1. The molecule has 2 amide bonds. The molecule has 0 spiro atoms. The molecule has 2 aliphatic heterocycles. The van der Waals surface area contributed by atoms with E-state index in [1.807, 2.05) is 51.7 Å². The van der Waals surface area contributed by atoms with E-state index >= 15 is 0 Å². The van der Waals surface area contributed by atoms with Gasteiger partial charge in [0.2, 0.25) is 0 Å². The number of thiophene rings is 1. The highest BCUT2D eigenvalue weighted by atomic mass is 32.1. The van der Waals surface area contributed by atoms with Gasteiger partial charge in [0.05, 0.1) is 18.0 Å². The number of hydrogen-bond donors (Lipinski definition) is 0. The molecule has 8 nitrogen and oxygen atoms in total. The second-order valence-corrected chi connectivity index (χ2v) is 10.0. The number of amides is 2. The number of carbonyl (C=O) groups is 2. The number of aromatic nitrogens is 2. The summed E-state index contributed by atoms with van der Waals surface area (Å²) in [4.78, 5) is 34.6. The van der Waals surface area contributed by atoms with Crippen molar-refractivity contribution in [1.29, 1.82) is 0 Å². The molecule has 0 bridgehead atoms. The number of ether oxygens (including phenoxy) is 1. The number of fused-ring (bicyclic) bond motifs is 1. The molecule has 0 N–H and O–H groups in total. The minimum absolute atomic E-state index is 0.00197. The first-order chi connectivity index (χ1) is 17.1. The zero-order chi connectivity index (χ0) is 24.4. The van der Waals surface area contributed by atoms with E-state index in [0.717, 1.165) is 29.2 Å². The lowest BCUT2D eigenvalue weighted by atomic mass is 10.0. The molecule has 184 valence electrons. The number of aryl methyl sites for hydroxylation is 1. The number of hydrogen-bond acceptors (Lipinski definition) is 6. The van der Waals surface area contributed by atoms with Crippen molar-refractivity contribution in [3.8, 4) is 0 Å². The zero-order valence-electron chi connectivity index (χ0n) is 20.3. The number of para-hydroxylation sites is 1. The summed E-state index contributed by atoms with van der Waals surface area (Å²) in [6.45, 7) is 7.18. The lowest BCUT2D eigenvalue weighted by molar-refractivity contribution is 0.0712. The van der Waals surface area contributed by atoms with E-state index in [9.17, 15) is 9.59 Å². The fraction of sp³-hybridized carbons (Fsp3) is 0.423. The summed E-state index contributed by atoms with van der Waals surface area (Å²) in [5, 5.41) is 4.72. The molecule has 0 unspecified atom stereocenters. The molecule has 1 aromatic carbocycles. The molecule has 5 rings (SSSR count). The van der Waals surface area contributed by atoms with Gasteiger partial charge in [0, 0.05) is 74.6 Å². The van der Waals surface area contributed by atoms with Crippen LogP contribution in [0.2, 0.25) is 0 Å². The maximum Gasteiger partial charge on any atom is 0.274 e. The van der Waals surface area contributed by atoms with Crippen LogP contribution in [-0.2, 0) is 30.9 Å². The molecular weight excluding hydrogens is 462 g/mol. The van der Waals surface area contributed by atoms with Gasteiger partial charge in [-0.2, -0.15) is 5.10 Å². The van der Waals surface area contributed by atoms with Gasteiger partial charge in [-0.15, -0.1) is 11.3 Å². The molecule has 0 radical (unpaired) electrons. The molecule has 9 heteroatoms. The van der Waals surface area contributed by atoms with Crippen molar-refractivity contribution in [2.75, 3.05) is 44.7 Å². The summed E-state index contributed by atoms with van der Waals surface area (Å²) in [5.74, 6) is -0.0314. The van der Waals surface area contributed by atoms with Crippen LogP contribution in [0.25, 0.3) is 0 Å². The van der Waals surface area contributed by atoms with E-state index in [2.05, 4.69) is 17.0 Å². The molecule has 2 aromatic heterocycles. The maximum atomic E-state index is 13.6. The highest BCUT2D eigenvalue weighted by molar-refractivity contribution is 7.14. The Morgan fingerprint density at radius 2 is 1.74 bits per heavy atom. The summed E-state index contributed by atoms with van der Waals surface area (Å²) in [6, 6.07) is 14.1. The summed E-state index contributed by atoms with van der Waals surface area (Å²) in [5.41, 5.74) is 3.66. The minimum atomic E-state index is -0.0334. The number of methoxy groups -OCH3 is 1. The van der Waals surface area contributed by atoms with Gasteiger partial charge in [-0.05, 0) is 31.2 Å². The van der Waals surface area contributed by atoms with Crippen LogP contribution in [0.1, 0.15) is 43.2 Å². The molecular formula is C26H31N5O3S. The lowest BCUT2D eigenvalue weighted by Gasteiger charge is -2.36. The van der Waals surface area contributed by atoms with Gasteiger partial charge < -0.3 is 19.4 Å². The number of carbonyl (C=O) groups excluding carboxylic acids is 2. The van der Waals surface area contributed by atoms with Gasteiger partial charge in [-0.3, -0.25) is 14.3 Å². The quantitative estimate of drug-likeness (QED) is 0.527. The fourth-order valence-corrected chi connectivity index (χ4v) is 5.87. The Balaban J connectivity index is 1.32. The molecule has 4 heterocycles. The van der Waals surface area contributed by atoms with Gasteiger partial charge in [-0.25, -0.2) is 0 Å². The molecule has 3 aromatic rings. The highest BCUT2D eigenvalue weighted by Crippen LogP contribution is 2.27. The Bertz CT molecular complexity index is 1200. The Morgan fingerprint density at radius 1 is 0.971 bits per heavy atom. The molecule has 2 aliphatic rings. The third-order valence-corrected chi connectivity index (χ3v) is 7.82. The maximum absolute atomic E-state index is 13.6. The number of anilines is 1. The van der Waals surface area contributed by atoms with Crippen LogP contribution in [0, 0.1) is 0 Å². The molecule has 0 saturated carbocycles. The molecule has 1 fully saturated rings. The normalized spacial score (nSPS) is 15.9. The Labute approximate surface area is 209 Å². The third-order valence-electron chi connectivity index (χ3n) is 6.77. The van der Waals surface area contributed by atoms with Gasteiger partial charge in [0.1, 0.15) is 0 Å². The van der Waals surface area contributed by atoms with Gasteiger partial charge in [0.25, 0.3) is 11.8 Å². The van der Waals surface area contributed by atoms with Crippen molar-refractivity contribution in [2.45, 2.75) is 33.0 Å². The topological polar surface area (TPSA) is 70.9 Å². The van der Waals surface area contributed by atoms with Crippen molar-refractivity contribution in [3.63, 3.8) is 0 Å². The SMILES string of the molecule is CCn1nc(C(=O)N2CCN(c3ccccc3)CC2)c2c1CCN(C(=O)c1ccc(COC)s1)C2. The Hall–Kier alpha value is -3.17. The average molecular weight is 494 g/mol. The smallest absolute Gasteiger partial charge is 0.274 e. The van der Waals surface area contributed by atoms with Gasteiger partial charge >= 0.3 is 0 Å². The van der Waals surface area contributed by atoms with E-state index in [1.54, 1.807) is 7.11 Å². The van der Waals surface area contributed by atoms with E-state index in [1.165, 1.54) is 17.0 Å². The predicted octanol–water partition coefficient (Wildman–Crippen LogP) is 3.27. The number of benzene rings is 1. The molecule has 0 atom stereocenters. The minimum Gasteiger partial charge on any atom is -0.379 e. The van der Waals surface area contributed by atoms with Crippen molar-refractivity contribution in [3.05, 3.63) is 69.2 Å². The van der Waals surface area contributed by atoms with E-state index < -0.39 is 0 Å². The monoisotopic (exact) mass is 493 g/mol. The molecule has 35 heavy (non-hydrogen) atoms. The largest absolute Gasteiger partial charge is 0.379 e. The van der Waals surface area contributed by atoms with Crippen molar-refractivity contribution in [2.24, 2.45) is 0 Å². The Kier molecular flexibility index (Phi) is 6.88. The first-order valence-electron chi connectivity index (χ1n) is 12.1. The number of nitrogens with zero attached hydrogens (tertiary/aromatic N) is 5. The van der Waals surface area contributed by atoms with E-state index in [0.29, 0.717) is 56.3 Å². The number of rotatable bonds is 6. The third kappa shape index (κ3) is 4.70. The summed E-state index contributed by atoms with van der Waals surface area (Å²) in [7, 11) is 1.65. The molecule has 0 aliphatic carbocycles. The van der Waals surface area contributed by atoms with Crippen LogP contribution in [0.4, 0.5) is 5.69 Å². The standard InChI is InChI=1S/C26H31N5O3S/c1-3-31-22-11-12-30(25(32)23-10-9-20(35-23)18-34-2)17-21(22)24(27-31)26(33)29-15-13-28(14-16-29)19-7-5-4-6-8-19/h4-10H,3,11-18H2,1-2H3. The summed E-state index contributed by atoms with van der Waals surface area (Å²) in [6.07, 6.45) is 0.702. The van der Waals surface area contributed by atoms with Gasteiger partial charge in [0.15, 0.2) is 5.69 Å². The van der Waals surface area contributed by atoms with E-state index in [-0.39, 0.29) is 11.8 Å². The van der Waals surface area contributed by atoms with Crippen LogP contribution in [-0.4, -0.2) is 71.2 Å². The fourth-order valence-electron chi connectivity index (χ4n) is 4.92. The van der Waals surface area contributed by atoms with E-state index in [4.69, 9.17) is 9.84 Å². The first kappa shape index (κ1) is 23.6. The average Bonchev–Trinajstić information content (AvgIpc) is 3.53. The van der Waals surface area contributed by atoms with Crippen LogP contribution >= 0.6 is 11.3 Å². The van der Waals surface area contributed by atoms with Crippen molar-refractivity contribution in [1.82, 2.24) is 19.6 Å². The van der Waals surface area contributed by atoms with Gasteiger partial charge in [-0.1, -0.05) is 18.2 Å². The predicted molar refractivity (Wildman–Crippen MR) is 136 cm³/mol. The van der Waals surface area contributed by atoms with Crippen LogP contribution in [0.3, 0.4) is 0 Å². The van der Waals surface area contributed by atoms with Crippen molar-refractivity contribution >= 4 is 28.8 Å². The number of piperazine rings is 1. The van der Waals surface area contributed by atoms with Crippen LogP contribution < -0.4 is 4.90 Å². The first-order valence-corrected chi connectivity index (χ1v) is 13.0. The van der Waals surface area contributed by atoms with Crippen LogP contribution in [0.15, 0.2) is 42.5 Å². The highest BCUT2D eigenvalue weighted by Gasteiger charge is 2.33. The van der Waals surface area contributed by atoms with Crippen molar-refractivity contribution < 1.29 is 14.3 Å². The second-order valence-electron chi connectivity index (χ2n) is 8.88. The lowest BCUT2D eigenvalue weighted by Crippen LogP contribution is -2.49. The molecule has 1 saturated heterocycles. The Morgan fingerprint density at radius 3 is 2.46 bits per heavy atom. The van der Waals surface area contributed by atoms with Crippen LogP contribution in [0.5, 0.6) is 0 Å². The second kappa shape index (κ2) is 10.2. The summed E-state index contributed by atoms with van der Waals surface area (Å²) < 4.78 is 7.13.